The minimum absolute atomic E-state index is 0.115. The fourth-order valence-electron chi connectivity index (χ4n) is 0.893. The highest BCUT2D eigenvalue weighted by Gasteiger charge is 2.13. The first kappa shape index (κ1) is 9.61. The summed E-state index contributed by atoms with van der Waals surface area (Å²) in [5, 5.41) is 0. The number of hydrogen-bond donors (Lipinski definition) is 1. The number of hydrogen-bond acceptors (Lipinski definition) is 1. The summed E-state index contributed by atoms with van der Waals surface area (Å²) in [5.41, 5.74) is 5.60. The van der Waals surface area contributed by atoms with Gasteiger partial charge in [0.1, 0.15) is 0 Å². The first-order valence-electron chi connectivity index (χ1n) is 3.43. The van der Waals surface area contributed by atoms with Crippen molar-refractivity contribution in [1.29, 1.82) is 0 Å². The van der Waals surface area contributed by atoms with Crippen LogP contribution in [0.4, 0.5) is 8.78 Å². The zero-order valence-corrected chi connectivity index (χ0v) is 8.03. The van der Waals surface area contributed by atoms with E-state index in [1.54, 1.807) is 6.92 Å². The molecule has 1 rings (SSSR count). The van der Waals surface area contributed by atoms with Gasteiger partial charge in [0, 0.05) is 11.6 Å². The van der Waals surface area contributed by atoms with Gasteiger partial charge in [-0.25, -0.2) is 8.78 Å². The summed E-state index contributed by atoms with van der Waals surface area (Å²) in [6, 6.07) is 2.41. The number of halogens is 3. The Labute approximate surface area is 77.7 Å². The second-order valence-corrected chi connectivity index (χ2v) is 3.41. The summed E-state index contributed by atoms with van der Waals surface area (Å²) in [6.45, 7) is 1.60. The van der Waals surface area contributed by atoms with E-state index in [-0.39, 0.29) is 10.0 Å². The van der Waals surface area contributed by atoms with Crippen molar-refractivity contribution < 1.29 is 8.78 Å². The van der Waals surface area contributed by atoms with Crippen molar-refractivity contribution in [2.75, 3.05) is 0 Å². The molecule has 0 saturated heterocycles. The molecule has 0 aliphatic carbocycles. The molecule has 0 aromatic heterocycles. The maximum atomic E-state index is 13.0. The largest absolute Gasteiger partial charge is 0.324 e. The van der Waals surface area contributed by atoms with E-state index in [2.05, 4.69) is 15.9 Å². The average Bonchev–Trinajstić information content (AvgIpc) is 2.00. The molecule has 0 amide bonds. The van der Waals surface area contributed by atoms with Crippen LogP contribution in [0.2, 0.25) is 0 Å². The van der Waals surface area contributed by atoms with Gasteiger partial charge < -0.3 is 5.73 Å². The molecular formula is C8H8BrF2N. The highest BCUT2D eigenvalue weighted by Crippen LogP contribution is 2.23. The summed E-state index contributed by atoms with van der Waals surface area (Å²) in [6.07, 6.45) is 0. The first-order valence-corrected chi connectivity index (χ1v) is 4.22. The third-order valence-corrected chi connectivity index (χ3v) is 2.17. The van der Waals surface area contributed by atoms with Crippen LogP contribution in [0.5, 0.6) is 0 Å². The molecule has 0 aliphatic rings. The van der Waals surface area contributed by atoms with Crippen LogP contribution < -0.4 is 5.73 Å². The maximum Gasteiger partial charge on any atom is 0.173 e. The molecule has 0 bridgehead atoms. The lowest BCUT2D eigenvalue weighted by Gasteiger charge is -2.07. The van der Waals surface area contributed by atoms with Gasteiger partial charge in [0.25, 0.3) is 0 Å². The Kier molecular flexibility index (Phi) is 2.80. The van der Waals surface area contributed by atoms with Crippen LogP contribution in [0.25, 0.3) is 0 Å². The van der Waals surface area contributed by atoms with Crippen molar-refractivity contribution in [3.63, 3.8) is 0 Å². The summed E-state index contributed by atoms with van der Waals surface area (Å²) in [7, 11) is 0. The Balaban J connectivity index is 3.27. The molecule has 0 saturated carbocycles. The molecule has 1 nitrogen and oxygen atoms in total. The standard InChI is InChI=1S/C8H8BrF2N/c1-4(12)5-2-3-6(9)8(11)7(5)10/h2-4H,12H2,1H3/t4-/m1/s1. The third-order valence-electron chi connectivity index (χ3n) is 1.56. The van der Waals surface area contributed by atoms with Crippen molar-refractivity contribution in [1.82, 2.24) is 0 Å². The molecular weight excluding hydrogens is 228 g/mol. The summed E-state index contributed by atoms with van der Waals surface area (Å²) in [4.78, 5) is 0. The van der Waals surface area contributed by atoms with Crippen molar-refractivity contribution >= 4 is 15.9 Å². The lowest BCUT2D eigenvalue weighted by Crippen LogP contribution is -2.08. The second kappa shape index (κ2) is 3.49. The monoisotopic (exact) mass is 235 g/mol. The highest BCUT2D eigenvalue weighted by atomic mass is 79.9. The van der Waals surface area contributed by atoms with Gasteiger partial charge in [0.2, 0.25) is 0 Å². The van der Waals surface area contributed by atoms with Gasteiger partial charge in [-0.05, 0) is 28.9 Å². The van der Waals surface area contributed by atoms with Gasteiger partial charge in [-0.15, -0.1) is 0 Å². The Bertz CT molecular complexity index is 299. The number of rotatable bonds is 1. The van der Waals surface area contributed by atoms with E-state index < -0.39 is 17.7 Å². The van der Waals surface area contributed by atoms with E-state index >= 15 is 0 Å². The molecule has 0 fully saturated rings. The molecule has 12 heavy (non-hydrogen) atoms. The third kappa shape index (κ3) is 1.64. The van der Waals surface area contributed by atoms with Gasteiger partial charge in [-0.2, -0.15) is 0 Å². The average molecular weight is 236 g/mol. The first-order chi connectivity index (χ1) is 5.54. The molecule has 0 spiro atoms. The molecule has 2 N–H and O–H groups in total. The number of nitrogens with two attached hydrogens (primary N) is 1. The Hall–Kier alpha value is -0.480. The van der Waals surface area contributed by atoms with Crippen LogP contribution >= 0.6 is 15.9 Å². The lowest BCUT2D eigenvalue weighted by atomic mass is 10.1. The van der Waals surface area contributed by atoms with Gasteiger partial charge in [-0.3, -0.25) is 0 Å². The molecule has 4 heteroatoms. The normalized spacial score (nSPS) is 13.1. The lowest BCUT2D eigenvalue weighted by molar-refractivity contribution is 0.488. The molecule has 1 atom stereocenters. The topological polar surface area (TPSA) is 26.0 Å². The van der Waals surface area contributed by atoms with Crippen LogP contribution in [0, 0.1) is 11.6 Å². The molecule has 66 valence electrons. The Morgan fingerprint density at radius 3 is 2.42 bits per heavy atom. The minimum Gasteiger partial charge on any atom is -0.324 e. The summed E-state index contributed by atoms with van der Waals surface area (Å²) < 4.78 is 26.0. The molecule has 1 aromatic carbocycles. The predicted molar refractivity (Wildman–Crippen MR) is 46.7 cm³/mol. The van der Waals surface area contributed by atoms with E-state index in [4.69, 9.17) is 5.73 Å². The van der Waals surface area contributed by atoms with E-state index in [9.17, 15) is 8.78 Å². The Morgan fingerprint density at radius 1 is 1.33 bits per heavy atom. The molecule has 0 unspecified atom stereocenters. The quantitative estimate of drug-likeness (QED) is 0.745. The molecule has 0 heterocycles. The summed E-state index contributed by atoms with van der Waals surface area (Å²) >= 11 is 2.87. The van der Waals surface area contributed by atoms with Crippen LogP contribution in [0.15, 0.2) is 16.6 Å². The van der Waals surface area contributed by atoms with Crippen LogP contribution in [0.1, 0.15) is 18.5 Å². The van der Waals surface area contributed by atoms with E-state index in [1.165, 1.54) is 12.1 Å². The maximum absolute atomic E-state index is 13.0. The zero-order valence-electron chi connectivity index (χ0n) is 6.44. The van der Waals surface area contributed by atoms with Crippen molar-refractivity contribution in [2.45, 2.75) is 13.0 Å². The smallest absolute Gasteiger partial charge is 0.173 e. The fraction of sp³-hybridized carbons (Fsp3) is 0.250. The molecule has 0 aliphatic heterocycles. The van der Waals surface area contributed by atoms with Gasteiger partial charge in [-0.1, -0.05) is 6.07 Å². The van der Waals surface area contributed by atoms with E-state index in [0.717, 1.165) is 0 Å². The van der Waals surface area contributed by atoms with Gasteiger partial charge in [0.15, 0.2) is 11.6 Å². The highest BCUT2D eigenvalue weighted by molar-refractivity contribution is 9.10. The molecule has 1 aromatic rings. The number of benzene rings is 1. The molecule has 0 radical (unpaired) electrons. The van der Waals surface area contributed by atoms with E-state index in [0.29, 0.717) is 0 Å². The van der Waals surface area contributed by atoms with Crippen LogP contribution in [0.3, 0.4) is 0 Å². The van der Waals surface area contributed by atoms with E-state index in [1.807, 2.05) is 0 Å². The Morgan fingerprint density at radius 2 is 1.92 bits per heavy atom. The van der Waals surface area contributed by atoms with Crippen molar-refractivity contribution in [2.24, 2.45) is 5.73 Å². The zero-order chi connectivity index (χ0) is 9.30. The van der Waals surface area contributed by atoms with Crippen LogP contribution in [-0.2, 0) is 0 Å². The summed E-state index contributed by atoms with van der Waals surface area (Å²) in [5.74, 6) is -1.76. The van der Waals surface area contributed by atoms with Crippen molar-refractivity contribution in [3.05, 3.63) is 33.8 Å². The fourth-order valence-corrected chi connectivity index (χ4v) is 1.20. The van der Waals surface area contributed by atoms with Gasteiger partial charge in [0.05, 0.1) is 4.47 Å². The van der Waals surface area contributed by atoms with Gasteiger partial charge >= 0.3 is 0 Å². The van der Waals surface area contributed by atoms with Crippen LogP contribution in [-0.4, -0.2) is 0 Å². The second-order valence-electron chi connectivity index (χ2n) is 2.55. The van der Waals surface area contributed by atoms with Crippen molar-refractivity contribution in [3.8, 4) is 0 Å². The predicted octanol–water partition coefficient (Wildman–Crippen LogP) is 2.75. The SMILES string of the molecule is C[C@@H](N)c1ccc(Br)c(F)c1F. The minimum atomic E-state index is -0.884.